The predicted octanol–water partition coefficient (Wildman–Crippen LogP) is 3.29. The van der Waals surface area contributed by atoms with Crippen LogP contribution in [0.3, 0.4) is 0 Å². The van der Waals surface area contributed by atoms with Crippen LogP contribution < -0.4 is 11.1 Å². The van der Waals surface area contributed by atoms with E-state index in [4.69, 9.17) is 10.5 Å². The maximum atomic E-state index is 11.9. The lowest BCUT2D eigenvalue weighted by molar-refractivity contribution is 0.0527. The molecule has 19 heavy (non-hydrogen) atoms. The van der Waals surface area contributed by atoms with E-state index in [9.17, 15) is 4.79 Å². The average molecular weight is 264 g/mol. The van der Waals surface area contributed by atoms with Crippen molar-refractivity contribution in [2.75, 3.05) is 17.7 Å². The molecule has 0 aliphatic carbocycles. The Morgan fingerprint density at radius 3 is 2.63 bits per heavy atom. The van der Waals surface area contributed by atoms with Crippen LogP contribution in [0.2, 0.25) is 0 Å². The van der Waals surface area contributed by atoms with E-state index in [-0.39, 0.29) is 12.0 Å². The highest BCUT2D eigenvalue weighted by atomic mass is 16.5. The summed E-state index contributed by atoms with van der Waals surface area (Å²) in [4.78, 5) is 11.9. The number of hydrogen-bond donors (Lipinski definition) is 2. The van der Waals surface area contributed by atoms with Gasteiger partial charge in [0.2, 0.25) is 0 Å². The predicted molar refractivity (Wildman–Crippen MR) is 79.4 cm³/mol. The Balaban J connectivity index is 2.90. The van der Waals surface area contributed by atoms with Gasteiger partial charge in [-0.2, -0.15) is 0 Å². The summed E-state index contributed by atoms with van der Waals surface area (Å²) >= 11 is 0. The van der Waals surface area contributed by atoms with Gasteiger partial charge < -0.3 is 15.8 Å². The maximum Gasteiger partial charge on any atom is 0.340 e. The largest absolute Gasteiger partial charge is 0.462 e. The molecule has 106 valence electrons. The summed E-state index contributed by atoms with van der Waals surface area (Å²) in [5.74, 6) is 0.261. The number of ether oxygens (including phenoxy) is 1. The third kappa shape index (κ3) is 4.81. The van der Waals surface area contributed by atoms with Crippen LogP contribution in [-0.4, -0.2) is 18.6 Å². The van der Waals surface area contributed by atoms with Gasteiger partial charge in [-0.15, -0.1) is 0 Å². The first-order valence-corrected chi connectivity index (χ1v) is 6.77. The molecule has 0 heterocycles. The van der Waals surface area contributed by atoms with Crippen LogP contribution in [0.1, 0.15) is 44.5 Å². The standard InChI is InChI=1S/C15H24N2O2/c1-5-19-15(18)13-9-12(16)6-7-14(13)17-11(4)8-10(2)3/h6-7,9-11,17H,5,8,16H2,1-4H3. The highest BCUT2D eigenvalue weighted by molar-refractivity contribution is 5.96. The lowest BCUT2D eigenvalue weighted by Crippen LogP contribution is -2.20. The minimum absolute atomic E-state index is 0.289. The zero-order valence-corrected chi connectivity index (χ0v) is 12.2. The smallest absolute Gasteiger partial charge is 0.340 e. The Bertz CT molecular complexity index is 430. The van der Waals surface area contributed by atoms with Crippen molar-refractivity contribution in [3.8, 4) is 0 Å². The number of nitrogen functional groups attached to an aromatic ring is 1. The molecule has 0 bridgehead atoms. The molecule has 4 heteroatoms. The number of esters is 1. The van der Waals surface area contributed by atoms with Crippen LogP contribution in [0.4, 0.5) is 11.4 Å². The molecule has 1 atom stereocenters. The second kappa shape index (κ2) is 7.02. The SMILES string of the molecule is CCOC(=O)c1cc(N)ccc1NC(C)CC(C)C. The van der Waals surface area contributed by atoms with Crippen molar-refractivity contribution in [1.29, 1.82) is 0 Å². The van der Waals surface area contributed by atoms with Crippen molar-refractivity contribution < 1.29 is 9.53 Å². The fourth-order valence-corrected chi connectivity index (χ4v) is 2.10. The second-order valence-corrected chi connectivity index (χ2v) is 5.20. The zero-order valence-electron chi connectivity index (χ0n) is 12.2. The molecule has 0 amide bonds. The molecule has 1 unspecified atom stereocenters. The number of nitrogens with two attached hydrogens (primary N) is 1. The van der Waals surface area contributed by atoms with E-state index < -0.39 is 0 Å². The molecular formula is C15H24N2O2. The lowest BCUT2D eigenvalue weighted by Gasteiger charge is -2.19. The van der Waals surface area contributed by atoms with E-state index in [1.165, 1.54) is 0 Å². The number of nitrogens with one attached hydrogen (secondary N) is 1. The van der Waals surface area contributed by atoms with E-state index in [2.05, 4.69) is 26.1 Å². The van der Waals surface area contributed by atoms with Gasteiger partial charge in [0.15, 0.2) is 0 Å². The summed E-state index contributed by atoms with van der Waals surface area (Å²) in [7, 11) is 0. The van der Waals surface area contributed by atoms with Gasteiger partial charge in [-0.25, -0.2) is 4.79 Å². The van der Waals surface area contributed by atoms with E-state index >= 15 is 0 Å². The van der Waals surface area contributed by atoms with E-state index in [1.54, 1.807) is 19.1 Å². The van der Waals surface area contributed by atoms with Crippen molar-refractivity contribution in [3.05, 3.63) is 23.8 Å². The average Bonchev–Trinajstić information content (AvgIpc) is 2.30. The first-order valence-electron chi connectivity index (χ1n) is 6.77. The minimum Gasteiger partial charge on any atom is -0.462 e. The van der Waals surface area contributed by atoms with Gasteiger partial charge in [-0.05, 0) is 44.4 Å². The van der Waals surface area contributed by atoms with E-state index in [1.807, 2.05) is 6.07 Å². The van der Waals surface area contributed by atoms with Crippen LogP contribution in [0.25, 0.3) is 0 Å². The highest BCUT2D eigenvalue weighted by Crippen LogP contribution is 2.22. The van der Waals surface area contributed by atoms with Crippen molar-refractivity contribution in [2.45, 2.75) is 40.2 Å². The van der Waals surface area contributed by atoms with Crippen LogP contribution in [0.5, 0.6) is 0 Å². The molecule has 4 nitrogen and oxygen atoms in total. The third-order valence-corrected chi connectivity index (χ3v) is 2.77. The molecule has 0 saturated heterocycles. The number of rotatable bonds is 6. The zero-order chi connectivity index (χ0) is 14.4. The first kappa shape index (κ1) is 15.3. The van der Waals surface area contributed by atoms with Crippen molar-refractivity contribution in [2.24, 2.45) is 5.92 Å². The van der Waals surface area contributed by atoms with Gasteiger partial charge in [0.05, 0.1) is 12.2 Å². The van der Waals surface area contributed by atoms with Gasteiger partial charge in [0.1, 0.15) is 0 Å². The van der Waals surface area contributed by atoms with Crippen LogP contribution >= 0.6 is 0 Å². The summed E-state index contributed by atoms with van der Waals surface area (Å²) < 4.78 is 5.05. The van der Waals surface area contributed by atoms with E-state index in [0.717, 1.165) is 12.1 Å². The Kier molecular flexibility index (Phi) is 5.67. The number of benzene rings is 1. The van der Waals surface area contributed by atoms with Crippen LogP contribution in [-0.2, 0) is 4.74 Å². The topological polar surface area (TPSA) is 64.3 Å². The summed E-state index contributed by atoms with van der Waals surface area (Å²) in [6, 6.07) is 5.56. The number of hydrogen-bond acceptors (Lipinski definition) is 4. The maximum absolute atomic E-state index is 11.9. The summed E-state index contributed by atoms with van der Waals surface area (Å²) in [5, 5.41) is 3.35. The van der Waals surface area contributed by atoms with Crippen LogP contribution in [0.15, 0.2) is 18.2 Å². The minimum atomic E-state index is -0.339. The van der Waals surface area contributed by atoms with Crippen molar-refractivity contribution in [1.82, 2.24) is 0 Å². The molecule has 3 N–H and O–H groups in total. The number of anilines is 2. The van der Waals surface area contributed by atoms with Crippen LogP contribution in [0, 0.1) is 5.92 Å². The van der Waals surface area contributed by atoms with Crippen molar-refractivity contribution in [3.63, 3.8) is 0 Å². The monoisotopic (exact) mass is 264 g/mol. The second-order valence-electron chi connectivity index (χ2n) is 5.20. The fraction of sp³-hybridized carbons (Fsp3) is 0.533. The Labute approximate surface area is 115 Å². The van der Waals surface area contributed by atoms with Gasteiger partial charge in [0.25, 0.3) is 0 Å². The molecule has 0 radical (unpaired) electrons. The van der Waals surface area contributed by atoms with Gasteiger partial charge in [-0.3, -0.25) is 0 Å². The summed E-state index contributed by atoms with van der Waals surface area (Å²) in [6.45, 7) is 8.60. The molecule has 1 aromatic rings. The van der Waals surface area contributed by atoms with E-state index in [0.29, 0.717) is 23.8 Å². The Morgan fingerprint density at radius 2 is 2.05 bits per heavy atom. The summed E-state index contributed by atoms with van der Waals surface area (Å²) in [5.41, 5.74) is 7.57. The Morgan fingerprint density at radius 1 is 1.37 bits per heavy atom. The molecule has 0 aliphatic rings. The molecule has 1 aromatic carbocycles. The normalized spacial score (nSPS) is 12.3. The molecule has 1 rings (SSSR count). The lowest BCUT2D eigenvalue weighted by atomic mass is 10.0. The first-order chi connectivity index (χ1) is 8.93. The molecule has 0 spiro atoms. The quantitative estimate of drug-likeness (QED) is 0.611. The number of carbonyl (C=O) groups is 1. The van der Waals surface area contributed by atoms with Gasteiger partial charge in [-0.1, -0.05) is 13.8 Å². The number of carbonyl (C=O) groups excluding carboxylic acids is 1. The Hall–Kier alpha value is -1.71. The van der Waals surface area contributed by atoms with Gasteiger partial charge >= 0.3 is 5.97 Å². The summed E-state index contributed by atoms with van der Waals surface area (Å²) in [6.07, 6.45) is 1.03. The molecular weight excluding hydrogens is 240 g/mol. The molecule has 0 fully saturated rings. The van der Waals surface area contributed by atoms with Crippen molar-refractivity contribution >= 4 is 17.3 Å². The third-order valence-electron chi connectivity index (χ3n) is 2.77. The van der Waals surface area contributed by atoms with Gasteiger partial charge in [0, 0.05) is 17.4 Å². The molecule has 0 aliphatic heterocycles. The fourth-order valence-electron chi connectivity index (χ4n) is 2.10. The molecule has 0 saturated carbocycles. The molecule has 0 aromatic heterocycles. The highest BCUT2D eigenvalue weighted by Gasteiger charge is 2.15.